The van der Waals surface area contributed by atoms with E-state index in [4.69, 9.17) is 0 Å². The van der Waals surface area contributed by atoms with Crippen molar-refractivity contribution in [3.05, 3.63) is 0 Å². The van der Waals surface area contributed by atoms with Gasteiger partial charge in [0.15, 0.2) is 0 Å². The lowest BCUT2D eigenvalue weighted by Crippen LogP contribution is -2.40. The molecule has 0 aliphatic heterocycles. The highest BCUT2D eigenvalue weighted by atomic mass is 16.3. The summed E-state index contributed by atoms with van der Waals surface area (Å²) in [6, 6.07) is 0. The molecule has 2 saturated carbocycles. The van der Waals surface area contributed by atoms with Crippen LogP contribution in [-0.4, -0.2) is 16.5 Å². The number of fused-ring (bicyclic) bond motifs is 1. The van der Waals surface area contributed by atoms with Gasteiger partial charge in [0.25, 0.3) is 0 Å². The van der Waals surface area contributed by atoms with Crippen molar-refractivity contribution in [2.75, 3.05) is 0 Å². The minimum absolute atomic E-state index is 0.248. The number of hydrogen-bond donors (Lipinski definition) is 1. The first-order valence-electron chi connectivity index (χ1n) is 8.90. The maximum Gasteiger partial charge on any atom is 0.136 e. The zero-order valence-corrected chi connectivity index (χ0v) is 14.6. The van der Waals surface area contributed by atoms with Crippen molar-refractivity contribution in [1.82, 2.24) is 0 Å². The van der Waals surface area contributed by atoms with Gasteiger partial charge in [0.05, 0.1) is 5.60 Å². The number of hydrogen-bond acceptors (Lipinski definition) is 2. The zero-order chi connectivity index (χ0) is 15.8. The second-order valence-corrected chi connectivity index (χ2v) is 8.75. The quantitative estimate of drug-likeness (QED) is 0.805. The van der Waals surface area contributed by atoms with Gasteiger partial charge < -0.3 is 5.11 Å². The number of aliphatic hydroxyl groups is 1. The molecule has 0 aromatic carbocycles. The molecular formula is C19H34O2. The fourth-order valence-electron chi connectivity index (χ4n) is 5.07. The summed E-state index contributed by atoms with van der Waals surface area (Å²) >= 11 is 0. The topological polar surface area (TPSA) is 37.3 Å². The average Bonchev–Trinajstić information content (AvgIpc) is 2.73. The van der Waals surface area contributed by atoms with Gasteiger partial charge in [-0.1, -0.05) is 20.8 Å². The van der Waals surface area contributed by atoms with Gasteiger partial charge in [-0.3, -0.25) is 4.79 Å². The molecule has 0 radical (unpaired) electrons. The molecule has 2 heteroatoms. The van der Waals surface area contributed by atoms with E-state index >= 15 is 0 Å². The van der Waals surface area contributed by atoms with Crippen LogP contribution in [0.1, 0.15) is 79.6 Å². The van der Waals surface area contributed by atoms with Crippen LogP contribution in [0.15, 0.2) is 0 Å². The summed E-state index contributed by atoms with van der Waals surface area (Å²) in [7, 11) is 0. The van der Waals surface area contributed by atoms with Crippen LogP contribution in [-0.2, 0) is 4.79 Å². The van der Waals surface area contributed by atoms with Crippen LogP contribution >= 0.6 is 0 Å². The van der Waals surface area contributed by atoms with Crippen LogP contribution in [0.2, 0.25) is 0 Å². The van der Waals surface area contributed by atoms with E-state index in [0.29, 0.717) is 29.5 Å². The highest BCUT2D eigenvalue weighted by Gasteiger charge is 2.52. The van der Waals surface area contributed by atoms with Crippen molar-refractivity contribution in [2.24, 2.45) is 29.1 Å². The Hall–Kier alpha value is -0.370. The molecule has 0 aromatic heterocycles. The van der Waals surface area contributed by atoms with E-state index in [9.17, 15) is 9.90 Å². The molecule has 0 spiro atoms. The van der Waals surface area contributed by atoms with Crippen molar-refractivity contribution in [3.63, 3.8) is 0 Å². The van der Waals surface area contributed by atoms with E-state index in [1.54, 1.807) is 0 Å². The summed E-state index contributed by atoms with van der Waals surface area (Å²) in [5, 5.41) is 9.94. The largest absolute Gasteiger partial charge is 0.390 e. The molecule has 2 nitrogen and oxygen atoms in total. The Morgan fingerprint density at radius 1 is 1.33 bits per heavy atom. The molecule has 21 heavy (non-hydrogen) atoms. The lowest BCUT2D eigenvalue weighted by Gasteiger charge is -2.43. The van der Waals surface area contributed by atoms with Crippen LogP contribution in [0, 0.1) is 29.1 Å². The van der Waals surface area contributed by atoms with Gasteiger partial charge in [-0.15, -0.1) is 0 Å². The van der Waals surface area contributed by atoms with Gasteiger partial charge in [-0.05, 0) is 75.5 Å². The fraction of sp³-hybridized carbons (Fsp3) is 0.947. The summed E-state index contributed by atoms with van der Waals surface area (Å²) in [4.78, 5) is 12.2. The molecule has 2 aliphatic carbocycles. The number of ketones is 1. The molecule has 0 heterocycles. The average molecular weight is 294 g/mol. The van der Waals surface area contributed by atoms with Crippen LogP contribution in [0.3, 0.4) is 0 Å². The molecule has 2 unspecified atom stereocenters. The lowest BCUT2D eigenvalue weighted by atomic mass is 9.60. The van der Waals surface area contributed by atoms with Crippen LogP contribution in [0.5, 0.6) is 0 Å². The third-order valence-electron chi connectivity index (χ3n) is 6.68. The summed E-state index contributed by atoms with van der Waals surface area (Å²) in [5.74, 6) is 2.81. The smallest absolute Gasteiger partial charge is 0.136 e. The molecule has 2 rings (SSSR count). The Bertz CT molecular complexity index is 382. The summed E-state index contributed by atoms with van der Waals surface area (Å²) in [6.07, 6.45) is 7.42. The van der Waals surface area contributed by atoms with Gasteiger partial charge in [-0.2, -0.15) is 0 Å². The summed E-state index contributed by atoms with van der Waals surface area (Å²) in [5.41, 5.74) is -0.311. The summed E-state index contributed by atoms with van der Waals surface area (Å²) < 4.78 is 0. The predicted molar refractivity (Wildman–Crippen MR) is 87.0 cm³/mol. The van der Waals surface area contributed by atoms with Gasteiger partial charge in [0.2, 0.25) is 0 Å². The van der Waals surface area contributed by atoms with Gasteiger partial charge in [0, 0.05) is 12.3 Å². The highest BCUT2D eigenvalue weighted by molar-refractivity contribution is 5.83. The number of rotatable bonds is 5. The molecule has 0 saturated heterocycles. The van der Waals surface area contributed by atoms with E-state index < -0.39 is 5.60 Å². The van der Waals surface area contributed by atoms with E-state index in [1.165, 1.54) is 12.8 Å². The Kier molecular flexibility index (Phi) is 4.87. The van der Waals surface area contributed by atoms with E-state index in [1.807, 2.05) is 13.8 Å². The molecule has 5 atom stereocenters. The molecule has 122 valence electrons. The van der Waals surface area contributed by atoms with Crippen molar-refractivity contribution in [3.8, 4) is 0 Å². The van der Waals surface area contributed by atoms with Crippen molar-refractivity contribution >= 4 is 5.78 Å². The second-order valence-electron chi connectivity index (χ2n) is 8.75. The van der Waals surface area contributed by atoms with Gasteiger partial charge >= 0.3 is 0 Å². The highest BCUT2D eigenvalue weighted by Crippen LogP contribution is 2.57. The van der Waals surface area contributed by atoms with Crippen LogP contribution in [0.4, 0.5) is 0 Å². The normalized spacial score (nSPS) is 36.4. The number of Topliss-reactive ketones (excluding diaryl/α,β-unsaturated/α-hetero) is 1. The van der Waals surface area contributed by atoms with Gasteiger partial charge in [0.1, 0.15) is 5.78 Å². The third kappa shape index (κ3) is 3.52. The molecular weight excluding hydrogens is 260 g/mol. The molecule has 0 amide bonds. The second kappa shape index (κ2) is 6.02. The maximum atomic E-state index is 12.2. The van der Waals surface area contributed by atoms with Crippen molar-refractivity contribution in [1.29, 1.82) is 0 Å². The van der Waals surface area contributed by atoms with E-state index in [2.05, 4.69) is 20.8 Å². The fourth-order valence-corrected chi connectivity index (χ4v) is 5.07. The van der Waals surface area contributed by atoms with Crippen LogP contribution < -0.4 is 0 Å². The Morgan fingerprint density at radius 3 is 2.62 bits per heavy atom. The first-order chi connectivity index (χ1) is 9.65. The van der Waals surface area contributed by atoms with Crippen molar-refractivity contribution in [2.45, 2.75) is 85.2 Å². The van der Waals surface area contributed by atoms with Gasteiger partial charge in [-0.25, -0.2) is 0 Å². The molecule has 0 bridgehead atoms. The lowest BCUT2D eigenvalue weighted by molar-refractivity contribution is -0.130. The SMILES string of the molecule is C[C@H](CCC(C)(C)O)[C@H](C)C1CCC2C(=O)CCC[C@@]21C. The number of carbonyl (C=O) groups is 1. The first-order valence-corrected chi connectivity index (χ1v) is 8.90. The molecule has 2 aliphatic rings. The number of carbonyl (C=O) groups excluding carboxylic acids is 1. The maximum absolute atomic E-state index is 12.2. The molecule has 2 fully saturated rings. The van der Waals surface area contributed by atoms with Crippen LogP contribution in [0.25, 0.3) is 0 Å². The molecule has 1 N–H and O–H groups in total. The standard InChI is InChI=1S/C19H34O2/c1-13(10-12-18(3,4)21)14(2)15-8-9-16-17(20)7-6-11-19(15,16)5/h13-16,21H,6-12H2,1-5H3/t13-,14+,15?,16?,19-/m1/s1. The van der Waals surface area contributed by atoms with E-state index in [0.717, 1.165) is 32.1 Å². The summed E-state index contributed by atoms with van der Waals surface area (Å²) in [6.45, 7) is 10.9. The third-order valence-corrected chi connectivity index (χ3v) is 6.68. The Labute approximate surface area is 130 Å². The monoisotopic (exact) mass is 294 g/mol. The zero-order valence-electron chi connectivity index (χ0n) is 14.6. The first kappa shape index (κ1) is 17.0. The Morgan fingerprint density at radius 2 is 2.00 bits per heavy atom. The minimum Gasteiger partial charge on any atom is -0.390 e. The molecule has 0 aromatic rings. The van der Waals surface area contributed by atoms with E-state index in [-0.39, 0.29) is 5.41 Å². The van der Waals surface area contributed by atoms with Crippen molar-refractivity contribution < 1.29 is 9.90 Å². The predicted octanol–water partition coefficient (Wildman–Crippen LogP) is 4.60. The minimum atomic E-state index is -0.559. The Balaban J connectivity index is 2.02.